The molecule has 1 aliphatic heterocycles. The molecule has 0 saturated heterocycles. The fourth-order valence-electron chi connectivity index (χ4n) is 3.27. The summed E-state index contributed by atoms with van der Waals surface area (Å²) in [6.07, 6.45) is 2.11. The minimum Gasteiger partial charge on any atom is -0.375 e. The standard InChI is InChI=1S/C21H25N3O2/c1-24(16-9-3-2-4-10-16)14-8-7-13-22-21(26)18-15-20(25)23-19-12-6-5-11-17(18)19/h2-6,9-12,18H,7-8,13-15H2,1H3,(H,22,26)(H,23,25). The van der Waals surface area contributed by atoms with Crippen LogP contribution in [0.4, 0.5) is 11.4 Å². The molecule has 2 aromatic carbocycles. The van der Waals surface area contributed by atoms with E-state index in [1.807, 2.05) is 42.5 Å². The van der Waals surface area contributed by atoms with Gasteiger partial charge in [-0.25, -0.2) is 0 Å². The lowest BCUT2D eigenvalue weighted by atomic mass is 9.90. The van der Waals surface area contributed by atoms with Crippen LogP contribution in [0.3, 0.4) is 0 Å². The summed E-state index contributed by atoms with van der Waals surface area (Å²) in [5, 5.41) is 5.81. The number of hydrogen-bond donors (Lipinski definition) is 2. The molecule has 0 spiro atoms. The van der Waals surface area contributed by atoms with Gasteiger partial charge in [-0.15, -0.1) is 0 Å². The van der Waals surface area contributed by atoms with Gasteiger partial charge in [-0.05, 0) is 36.6 Å². The summed E-state index contributed by atoms with van der Waals surface area (Å²) in [6, 6.07) is 17.8. The van der Waals surface area contributed by atoms with E-state index in [1.165, 1.54) is 5.69 Å². The Kier molecular flexibility index (Phi) is 5.89. The summed E-state index contributed by atoms with van der Waals surface area (Å²) in [5.74, 6) is -0.566. The van der Waals surface area contributed by atoms with E-state index in [9.17, 15) is 9.59 Å². The molecule has 5 heteroatoms. The maximum atomic E-state index is 12.5. The largest absolute Gasteiger partial charge is 0.375 e. The summed E-state index contributed by atoms with van der Waals surface area (Å²) < 4.78 is 0. The SMILES string of the molecule is CN(CCCCNC(=O)C1CC(=O)Nc2ccccc21)c1ccccc1. The Morgan fingerprint density at radius 1 is 1.12 bits per heavy atom. The topological polar surface area (TPSA) is 61.4 Å². The van der Waals surface area contributed by atoms with Gasteiger partial charge in [0.05, 0.1) is 5.92 Å². The predicted molar refractivity (Wildman–Crippen MR) is 104 cm³/mol. The van der Waals surface area contributed by atoms with Crippen LogP contribution in [-0.2, 0) is 9.59 Å². The van der Waals surface area contributed by atoms with Crippen LogP contribution in [0, 0.1) is 0 Å². The molecule has 2 N–H and O–H groups in total. The Morgan fingerprint density at radius 3 is 2.65 bits per heavy atom. The molecule has 1 heterocycles. The smallest absolute Gasteiger partial charge is 0.228 e. The van der Waals surface area contributed by atoms with Gasteiger partial charge in [-0.3, -0.25) is 9.59 Å². The van der Waals surface area contributed by atoms with E-state index in [0.29, 0.717) is 6.54 Å². The first kappa shape index (κ1) is 18.0. The van der Waals surface area contributed by atoms with E-state index in [0.717, 1.165) is 30.6 Å². The summed E-state index contributed by atoms with van der Waals surface area (Å²) in [5.41, 5.74) is 2.84. The number of rotatable bonds is 7. The molecule has 0 radical (unpaired) electrons. The normalized spacial score (nSPS) is 15.7. The van der Waals surface area contributed by atoms with Crippen molar-refractivity contribution < 1.29 is 9.59 Å². The summed E-state index contributed by atoms with van der Waals surface area (Å²) in [6.45, 7) is 1.57. The lowest BCUT2D eigenvalue weighted by Crippen LogP contribution is -2.35. The Morgan fingerprint density at radius 2 is 1.85 bits per heavy atom. The molecule has 0 bridgehead atoms. The number of amides is 2. The highest BCUT2D eigenvalue weighted by Gasteiger charge is 2.29. The molecule has 1 aliphatic rings. The Hall–Kier alpha value is -2.82. The van der Waals surface area contributed by atoms with Gasteiger partial charge in [-0.2, -0.15) is 0 Å². The fourth-order valence-corrected chi connectivity index (χ4v) is 3.27. The second-order valence-electron chi connectivity index (χ2n) is 6.65. The Balaban J connectivity index is 1.44. The molecule has 26 heavy (non-hydrogen) atoms. The molecule has 136 valence electrons. The van der Waals surface area contributed by atoms with Gasteiger partial charge in [0.2, 0.25) is 11.8 Å². The number of anilines is 2. The third-order valence-corrected chi connectivity index (χ3v) is 4.73. The number of nitrogens with one attached hydrogen (secondary N) is 2. The van der Waals surface area contributed by atoms with E-state index in [4.69, 9.17) is 0 Å². The highest BCUT2D eigenvalue weighted by molar-refractivity contribution is 6.01. The monoisotopic (exact) mass is 351 g/mol. The van der Waals surface area contributed by atoms with Gasteiger partial charge in [0.1, 0.15) is 0 Å². The minimum atomic E-state index is -0.396. The first-order valence-electron chi connectivity index (χ1n) is 9.08. The van der Waals surface area contributed by atoms with Crippen molar-refractivity contribution in [1.29, 1.82) is 0 Å². The van der Waals surface area contributed by atoms with Crippen molar-refractivity contribution >= 4 is 23.2 Å². The second-order valence-corrected chi connectivity index (χ2v) is 6.65. The molecule has 1 atom stereocenters. The van der Waals surface area contributed by atoms with Crippen LogP contribution in [0.15, 0.2) is 54.6 Å². The van der Waals surface area contributed by atoms with Crippen molar-refractivity contribution in [2.45, 2.75) is 25.2 Å². The molecule has 1 unspecified atom stereocenters. The quantitative estimate of drug-likeness (QED) is 0.754. The van der Waals surface area contributed by atoms with Crippen molar-refractivity contribution in [3.05, 3.63) is 60.2 Å². The van der Waals surface area contributed by atoms with Gasteiger partial charge < -0.3 is 15.5 Å². The molecule has 2 aromatic rings. The molecule has 5 nitrogen and oxygen atoms in total. The molecule has 0 saturated carbocycles. The molecule has 2 amide bonds. The van der Waals surface area contributed by atoms with E-state index < -0.39 is 5.92 Å². The van der Waals surface area contributed by atoms with Crippen LogP contribution in [0.2, 0.25) is 0 Å². The zero-order valence-corrected chi connectivity index (χ0v) is 15.1. The molecular weight excluding hydrogens is 326 g/mol. The fraction of sp³-hybridized carbons (Fsp3) is 0.333. The number of carbonyl (C=O) groups is 2. The zero-order chi connectivity index (χ0) is 18.4. The van der Waals surface area contributed by atoms with E-state index in [2.05, 4.69) is 34.7 Å². The Labute approximate surface area is 154 Å². The number of hydrogen-bond acceptors (Lipinski definition) is 3. The molecule has 0 aliphatic carbocycles. The number of benzene rings is 2. The molecule has 3 rings (SSSR count). The average molecular weight is 351 g/mol. The van der Waals surface area contributed by atoms with Crippen LogP contribution in [-0.4, -0.2) is 32.0 Å². The predicted octanol–water partition coefficient (Wildman–Crippen LogP) is 3.15. The van der Waals surface area contributed by atoms with Crippen molar-refractivity contribution in [3.63, 3.8) is 0 Å². The van der Waals surface area contributed by atoms with Gasteiger partial charge in [0.15, 0.2) is 0 Å². The van der Waals surface area contributed by atoms with Gasteiger partial charge in [-0.1, -0.05) is 36.4 Å². The van der Waals surface area contributed by atoms with E-state index >= 15 is 0 Å². The molecular formula is C21H25N3O2. The highest BCUT2D eigenvalue weighted by atomic mass is 16.2. The Bertz CT molecular complexity index is 761. The van der Waals surface area contributed by atoms with Gasteiger partial charge in [0.25, 0.3) is 0 Å². The van der Waals surface area contributed by atoms with Crippen LogP contribution >= 0.6 is 0 Å². The van der Waals surface area contributed by atoms with E-state index in [1.54, 1.807) is 0 Å². The summed E-state index contributed by atoms with van der Waals surface area (Å²) >= 11 is 0. The average Bonchev–Trinajstić information content (AvgIpc) is 2.67. The zero-order valence-electron chi connectivity index (χ0n) is 15.1. The third kappa shape index (κ3) is 4.42. The lowest BCUT2D eigenvalue weighted by Gasteiger charge is -2.24. The molecule has 0 fully saturated rings. The third-order valence-electron chi connectivity index (χ3n) is 4.73. The highest BCUT2D eigenvalue weighted by Crippen LogP contribution is 2.31. The second kappa shape index (κ2) is 8.52. The molecule has 0 aromatic heterocycles. The van der Waals surface area contributed by atoms with E-state index in [-0.39, 0.29) is 18.2 Å². The summed E-state index contributed by atoms with van der Waals surface area (Å²) in [4.78, 5) is 26.6. The van der Waals surface area contributed by atoms with Gasteiger partial charge in [0, 0.05) is 37.9 Å². The van der Waals surface area contributed by atoms with Crippen LogP contribution in [0.5, 0.6) is 0 Å². The van der Waals surface area contributed by atoms with Crippen molar-refractivity contribution in [1.82, 2.24) is 5.32 Å². The number of fused-ring (bicyclic) bond motifs is 1. The first-order chi connectivity index (χ1) is 12.6. The van der Waals surface area contributed by atoms with Crippen LogP contribution in [0.25, 0.3) is 0 Å². The number of unbranched alkanes of at least 4 members (excludes halogenated alkanes) is 1. The van der Waals surface area contributed by atoms with Crippen molar-refractivity contribution in [2.75, 3.05) is 30.4 Å². The first-order valence-corrected chi connectivity index (χ1v) is 9.08. The lowest BCUT2D eigenvalue weighted by molar-refractivity contribution is -0.126. The summed E-state index contributed by atoms with van der Waals surface area (Å²) in [7, 11) is 2.07. The number of nitrogens with zero attached hydrogens (tertiary/aromatic N) is 1. The maximum absolute atomic E-state index is 12.5. The van der Waals surface area contributed by atoms with Crippen LogP contribution < -0.4 is 15.5 Å². The minimum absolute atomic E-state index is 0.0660. The number of carbonyl (C=O) groups excluding carboxylic acids is 2. The maximum Gasteiger partial charge on any atom is 0.228 e. The number of para-hydroxylation sites is 2. The van der Waals surface area contributed by atoms with Crippen LogP contribution in [0.1, 0.15) is 30.7 Å². The van der Waals surface area contributed by atoms with Crippen molar-refractivity contribution in [3.8, 4) is 0 Å². The van der Waals surface area contributed by atoms with Gasteiger partial charge >= 0.3 is 0 Å². The van der Waals surface area contributed by atoms with Crippen molar-refractivity contribution in [2.24, 2.45) is 0 Å².